The van der Waals surface area contributed by atoms with Gasteiger partial charge in [0.15, 0.2) is 5.82 Å². The van der Waals surface area contributed by atoms with Gasteiger partial charge in [0.2, 0.25) is 11.7 Å². The molecule has 0 saturated carbocycles. The molecule has 1 aromatic heterocycles. The van der Waals surface area contributed by atoms with E-state index in [9.17, 15) is 9.59 Å². The second kappa shape index (κ2) is 7.37. The first kappa shape index (κ1) is 15.0. The van der Waals surface area contributed by atoms with Gasteiger partial charge in [-0.3, -0.25) is 9.59 Å². The van der Waals surface area contributed by atoms with E-state index >= 15 is 0 Å². The highest BCUT2D eigenvalue weighted by Crippen LogP contribution is 2.15. The van der Waals surface area contributed by atoms with Crippen molar-refractivity contribution in [2.45, 2.75) is 13.0 Å². The number of carbonyl (C=O) groups excluding carboxylic acids is 1. The lowest BCUT2D eigenvalue weighted by atomic mass is 10.3. The van der Waals surface area contributed by atoms with Gasteiger partial charge in [-0.05, 0) is 6.92 Å². The third kappa shape index (κ3) is 4.25. The summed E-state index contributed by atoms with van der Waals surface area (Å²) in [5.74, 6) is 0.0425. The molecule has 0 aliphatic heterocycles. The maximum atomic E-state index is 11.7. The zero-order chi connectivity index (χ0) is 14.3. The third-order valence-electron chi connectivity index (χ3n) is 2.37. The number of methoxy groups -OCH3 is 2. The molecule has 0 aromatic carbocycles. The van der Waals surface area contributed by atoms with E-state index in [1.54, 1.807) is 14.0 Å². The molecule has 8 heteroatoms. The zero-order valence-electron chi connectivity index (χ0n) is 11.1. The molecule has 0 spiro atoms. The number of aromatic amines is 1. The van der Waals surface area contributed by atoms with Gasteiger partial charge in [-0.2, -0.15) is 0 Å². The van der Waals surface area contributed by atoms with Crippen LogP contribution in [0.15, 0.2) is 11.1 Å². The second-order valence-electron chi connectivity index (χ2n) is 3.76. The van der Waals surface area contributed by atoms with Gasteiger partial charge in [0.25, 0.3) is 5.56 Å². The summed E-state index contributed by atoms with van der Waals surface area (Å²) in [6.07, 6.45) is 1.24. The van der Waals surface area contributed by atoms with Gasteiger partial charge < -0.3 is 25.1 Å². The summed E-state index contributed by atoms with van der Waals surface area (Å²) >= 11 is 0. The number of amides is 1. The van der Waals surface area contributed by atoms with Crippen molar-refractivity contribution in [2.24, 2.45) is 0 Å². The summed E-state index contributed by atoms with van der Waals surface area (Å²) in [5.41, 5.74) is -0.410. The van der Waals surface area contributed by atoms with Crippen molar-refractivity contribution in [3.05, 3.63) is 16.7 Å². The molecule has 0 aliphatic rings. The standard InChI is InChI=1S/C11H18N4O4/c1-7(10(16)12-4-5-18-2)15-9-8(19-3)11(17)14-6-13-9/h6-7H,4-5H2,1-3H3,(H,12,16)(H2,13,14,15,17). The Morgan fingerprint density at radius 2 is 2.26 bits per heavy atom. The minimum Gasteiger partial charge on any atom is -0.489 e. The van der Waals surface area contributed by atoms with Crippen molar-refractivity contribution >= 4 is 11.7 Å². The highest BCUT2D eigenvalue weighted by Gasteiger charge is 2.16. The molecule has 0 fully saturated rings. The number of rotatable bonds is 7. The quantitative estimate of drug-likeness (QED) is 0.568. The van der Waals surface area contributed by atoms with Crippen LogP contribution in [0.1, 0.15) is 6.92 Å². The second-order valence-corrected chi connectivity index (χ2v) is 3.76. The summed E-state index contributed by atoms with van der Waals surface area (Å²) < 4.78 is 9.76. The topological polar surface area (TPSA) is 105 Å². The van der Waals surface area contributed by atoms with Crippen LogP contribution in [-0.2, 0) is 9.53 Å². The molecule has 0 bridgehead atoms. The zero-order valence-corrected chi connectivity index (χ0v) is 11.1. The average molecular weight is 270 g/mol. The Morgan fingerprint density at radius 1 is 1.53 bits per heavy atom. The van der Waals surface area contributed by atoms with E-state index in [4.69, 9.17) is 9.47 Å². The summed E-state index contributed by atoms with van der Waals surface area (Å²) in [7, 11) is 2.92. The van der Waals surface area contributed by atoms with Crippen molar-refractivity contribution in [1.82, 2.24) is 15.3 Å². The molecule has 1 amide bonds. The number of aromatic nitrogens is 2. The monoisotopic (exact) mass is 270 g/mol. The molecule has 106 valence electrons. The van der Waals surface area contributed by atoms with E-state index in [-0.39, 0.29) is 17.5 Å². The van der Waals surface area contributed by atoms with Crippen molar-refractivity contribution in [2.75, 3.05) is 32.7 Å². The molecule has 3 N–H and O–H groups in total. The Kier molecular flexibility index (Phi) is 5.80. The van der Waals surface area contributed by atoms with Crippen LogP contribution < -0.4 is 20.9 Å². The van der Waals surface area contributed by atoms with Crippen LogP contribution in [0.5, 0.6) is 5.75 Å². The molecule has 1 rings (SSSR count). The fourth-order valence-corrected chi connectivity index (χ4v) is 1.38. The Morgan fingerprint density at radius 3 is 2.89 bits per heavy atom. The molecule has 0 saturated heterocycles. The number of nitrogens with zero attached hydrogens (tertiary/aromatic N) is 1. The number of hydrogen-bond donors (Lipinski definition) is 3. The predicted molar refractivity (Wildman–Crippen MR) is 69.4 cm³/mol. The maximum Gasteiger partial charge on any atom is 0.295 e. The molecule has 19 heavy (non-hydrogen) atoms. The fourth-order valence-electron chi connectivity index (χ4n) is 1.38. The number of ether oxygens (including phenoxy) is 2. The number of nitrogens with one attached hydrogen (secondary N) is 3. The van der Waals surface area contributed by atoms with Crippen molar-refractivity contribution < 1.29 is 14.3 Å². The van der Waals surface area contributed by atoms with Gasteiger partial charge >= 0.3 is 0 Å². The first-order valence-corrected chi connectivity index (χ1v) is 5.75. The molecule has 1 aromatic rings. The maximum absolute atomic E-state index is 11.7. The Labute approximate surface area is 110 Å². The molecule has 8 nitrogen and oxygen atoms in total. The lowest BCUT2D eigenvalue weighted by Crippen LogP contribution is -2.39. The van der Waals surface area contributed by atoms with E-state index in [1.807, 2.05) is 0 Å². The highest BCUT2D eigenvalue weighted by atomic mass is 16.5. The summed E-state index contributed by atoms with van der Waals surface area (Å²) in [5, 5.41) is 5.49. The normalized spacial score (nSPS) is 11.7. The van der Waals surface area contributed by atoms with E-state index in [0.717, 1.165) is 0 Å². The van der Waals surface area contributed by atoms with E-state index in [0.29, 0.717) is 13.2 Å². The van der Waals surface area contributed by atoms with Gasteiger partial charge in [0.05, 0.1) is 20.0 Å². The van der Waals surface area contributed by atoms with E-state index in [1.165, 1.54) is 13.4 Å². The fraction of sp³-hybridized carbons (Fsp3) is 0.545. The first-order valence-electron chi connectivity index (χ1n) is 5.75. The van der Waals surface area contributed by atoms with Gasteiger partial charge in [0, 0.05) is 13.7 Å². The first-order chi connectivity index (χ1) is 9.10. The minimum absolute atomic E-state index is 0.0408. The Bertz CT molecular complexity index is 474. The molecule has 1 heterocycles. The Balaban J connectivity index is 2.66. The molecular weight excluding hydrogens is 252 g/mol. The number of H-pyrrole nitrogens is 1. The number of hydrogen-bond acceptors (Lipinski definition) is 6. The van der Waals surface area contributed by atoms with Crippen molar-refractivity contribution in [3.63, 3.8) is 0 Å². The van der Waals surface area contributed by atoms with Gasteiger partial charge in [0.1, 0.15) is 6.04 Å². The molecule has 0 radical (unpaired) electrons. The van der Waals surface area contributed by atoms with Gasteiger partial charge in [-0.15, -0.1) is 0 Å². The molecule has 1 atom stereocenters. The van der Waals surface area contributed by atoms with Crippen molar-refractivity contribution in [3.8, 4) is 5.75 Å². The SMILES string of the molecule is COCCNC(=O)C(C)Nc1nc[nH]c(=O)c1OC. The molecule has 1 unspecified atom stereocenters. The number of anilines is 1. The summed E-state index contributed by atoms with van der Waals surface area (Å²) in [6, 6.07) is -0.556. The van der Waals surface area contributed by atoms with Crippen molar-refractivity contribution in [1.29, 1.82) is 0 Å². The van der Waals surface area contributed by atoms with Crippen LogP contribution in [0, 0.1) is 0 Å². The van der Waals surface area contributed by atoms with Gasteiger partial charge in [-0.1, -0.05) is 0 Å². The van der Waals surface area contributed by atoms with Crippen LogP contribution in [0.4, 0.5) is 5.82 Å². The summed E-state index contributed by atoms with van der Waals surface area (Å²) in [4.78, 5) is 29.5. The third-order valence-corrected chi connectivity index (χ3v) is 2.37. The lowest BCUT2D eigenvalue weighted by molar-refractivity contribution is -0.121. The van der Waals surface area contributed by atoms with Crippen LogP contribution >= 0.6 is 0 Å². The van der Waals surface area contributed by atoms with E-state index in [2.05, 4.69) is 20.6 Å². The Hall–Kier alpha value is -2.09. The van der Waals surface area contributed by atoms with Crippen LogP contribution in [0.25, 0.3) is 0 Å². The highest BCUT2D eigenvalue weighted by molar-refractivity contribution is 5.84. The van der Waals surface area contributed by atoms with Gasteiger partial charge in [-0.25, -0.2) is 4.98 Å². The van der Waals surface area contributed by atoms with E-state index < -0.39 is 11.6 Å². The van der Waals surface area contributed by atoms with Crippen LogP contribution in [-0.4, -0.2) is 49.3 Å². The minimum atomic E-state index is -0.556. The van der Waals surface area contributed by atoms with Crippen LogP contribution in [0.3, 0.4) is 0 Å². The number of carbonyl (C=O) groups is 1. The summed E-state index contributed by atoms with van der Waals surface area (Å²) in [6.45, 7) is 2.51. The average Bonchev–Trinajstić information content (AvgIpc) is 2.39. The largest absolute Gasteiger partial charge is 0.489 e. The van der Waals surface area contributed by atoms with Crippen LogP contribution in [0.2, 0.25) is 0 Å². The smallest absolute Gasteiger partial charge is 0.295 e. The predicted octanol–water partition coefficient (Wildman–Crippen LogP) is -0.658. The molecular formula is C11H18N4O4. The lowest BCUT2D eigenvalue weighted by Gasteiger charge is -2.15. The molecule has 0 aliphatic carbocycles.